The minimum absolute atomic E-state index is 0.145. The summed E-state index contributed by atoms with van der Waals surface area (Å²) < 4.78 is 64.1. The van der Waals surface area contributed by atoms with Gasteiger partial charge in [-0.2, -0.15) is 5.10 Å². The van der Waals surface area contributed by atoms with Crippen molar-refractivity contribution in [2.24, 2.45) is 6.98 Å². The van der Waals surface area contributed by atoms with Gasteiger partial charge in [-0.3, -0.25) is 18.6 Å². The molecule has 0 fully saturated rings. The molecule has 1 aromatic carbocycles. The molecule has 26 heavy (non-hydrogen) atoms. The Labute approximate surface area is 153 Å². The van der Waals surface area contributed by atoms with Crippen molar-refractivity contribution in [2.75, 3.05) is 0 Å². The van der Waals surface area contributed by atoms with E-state index in [2.05, 4.69) is 10.1 Å². The Morgan fingerprint density at radius 3 is 2.50 bits per heavy atom. The molecule has 11 heteroatoms. The largest absolute Gasteiger partial charge is 0.332 e. The molecule has 7 nitrogen and oxygen atoms in total. The van der Waals surface area contributed by atoms with Gasteiger partial charge < -0.3 is 0 Å². The van der Waals surface area contributed by atoms with E-state index in [1.165, 1.54) is 0 Å². The fraction of sp³-hybridized carbons (Fsp3) is 0.200. The summed E-state index contributed by atoms with van der Waals surface area (Å²) in [4.78, 5) is 28.5. The van der Waals surface area contributed by atoms with Gasteiger partial charge in [-0.1, -0.05) is 11.6 Å². The van der Waals surface area contributed by atoms with Crippen LogP contribution in [0.15, 0.2) is 34.1 Å². The van der Waals surface area contributed by atoms with Gasteiger partial charge in [0.25, 0.3) is 5.56 Å². The van der Waals surface area contributed by atoms with Crippen LogP contribution in [0.25, 0.3) is 0 Å². The number of rotatable bonds is 4. The van der Waals surface area contributed by atoms with Gasteiger partial charge in [-0.15, -0.1) is 0 Å². The van der Waals surface area contributed by atoms with Crippen molar-refractivity contribution in [3.8, 4) is 0 Å². The quantitative estimate of drug-likeness (QED) is 0.499. The highest BCUT2D eigenvalue weighted by molar-refractivity contribution is 6.29. The molecule has 136 valence electrons. The first kappa shape index (κ1) is 14.3. The fourth-order valence-electron chi connectivity index (χ4n) is 2.24. The molecule has 0 saturated heterocycles. The molecule has 3 rings (SSSR count). The fourth-order valence-corrected chi connectivity index (χ4v) is 2.47. The van der Waals surface area contributed by atoms with Gasteiger partial charge in [-0.05, 0) is 6.07 Å². The van der Waals surface area contributed by atoms with Gasteiger partial charge in [0.05, 0.1) is 13.1 Å². The number of hydrogen-bond acceptors (Lipinski definition) is 4. The average Bonchev–Trinajstić information content (AvgIpc) is 3.09. The molecule has 0 bridgehead atoms. The van der Waals surface area contributed by atoms with Crippen LogP contribution in [0.1, 0.15) is 15.5 Å². The van der Waals surface area contributed by atoms with Crippen LogP contribution in [0.5, 0.6) is 0 Å². The molecule has 0 radical (unpaired) electrons. The third-order valence-electron chi connectivity index (χ3n) is 3.48. The van der Waals surface area contributed by atoms with E-state index < -0.39 is 48.8 Å². The molecule has 0 N–H and O–H groups in total. The molecule has 2 aromatic heterocycles. The zero-order chi connectivity index (χ0) is 21.5. The first-order chi connectivity index (χ1) is 13.5. The lowest BCUT2D eigenvalue weighted by Crippen LogP contribution is -2.40. The highest BCUT2D eigenvalue weighted by Gasteiger charge is 2.16. The Hall–Kier alpha value is -2.88. The first-order valence-corrected chi connectivity index (χ1v) is 7.40. The smallest absolute Gasteiger partial charge is 0.279 e. The van der Waals surface area contributed by atoms with Gasteiger partial charge >= 0.3 is 5.69 Å². The van der Waals surface area contributed by atoms with Gasteiger partial charge in [0.2, 0.25) is 0 Å². The molecular formula is C15H11ClF3N5O2. The molecule has 2 heterocycles. The van der Waals surface area contributed by atoms with E-state index in [0.29, 0.717) is 21.4 Å². The summed E-state index contributed by atoms with van der Waals surface area (Å²) in [6.45, 7) is -3.67. The second kappa shape index (κ2) is 6.79. The molecule has 3 aromatic rings. The first-order valence-electron chi connectivity index (χ1n) is 8.52. The number of halogens is 4. The monoisotopic (exact) mass is 388 g/mol. The maximum atomic E-state index is 13.9. The molecule has 0 saturated carbocycles. The van der Waals surface area contributed by atoms with E-state index in [9.17, 15) is 22.8 Å². The molecule has 0 aliphatic rings. The van der Waals surface area contributed by atoms with E-state index >= 15 is 0 Å². The normalized spacial score (nSPS) is 13.3. The second-order valence-corrected chi connectivity index (χ2v) is 5.61. The standard InChI is InChI=1S/C15H11ClF3N5O2/c1-22-7-20-13(21-22)6-24-14(25)4-12(16)23(15(24)26)5-8-2-10(18)11(19)3-9(8)17/h2-4,7H,5-6H2,1H3/i1D3. The lowest BCUT2D eigenvalue weighted by molar-refractivity contribution is 0.486. The van der Waals surface area contributed by atoms with Crippen LogP contribution in [0, 0.1) is 17.5 Å². The van der Waals surface area contributed by atoms with Crippen LogP contribution in [0.4, 0.5) is 13.2 Å². The summed E-state index contributed by atoms with van der Waals surface area (Å²) in [6.07, 6.45) is 0.915. The topological polar surface area (TPSA) is 74.7 Å². The Morgan fingerprint density at radius 2 is 1.81 bits per heavy atom. The van der Waals surface area contributed by atoms with E-state index in [1.54, 1.807) is 0 Å². The van der Waals surface area contributed by atoms with Crippen molar-refractivity contribution in [3.05, 3.63) is 79.4 Å². The zero-order valence-corrected chi connectivity index (χ0v) is 13.5. The highest BCUT2D eigenvalue weighted by atomic mass is 35.5. The lowest BCUT2D eigenvalue weighted by Gasteiger charge is -2.12. The van der Waals surface area contributed by atoms with Crippen LogP contribution in [0.2, 0.25) is 5.15 Å². The summed E-state index contributed by atoms with van der Waals surface area (Å²) in [5.74, 6) is -3.97. The maximum Gasteiger partial charge on any atom is 0.332 e. The summed E-state index contributed by atoms with van der Waals surface area (Å²) in [7, 11) is 0. The zero-order valence-electron chi connectivity index (χ0n) is 15.8. The maximum absolute atomic E-state index is 13.9. The van der Waals surface area contributed by atoms with Crippen LogP contribution in [-0.2, 0) is 20.1 Å². The number of hydrogen-bond donors (Lipinski definition) is 0. The summed E-state index contributed by atoms with van der Waals surface area (Å²) in [5, 5.41) is 3.32. The molecule has 0 spiro atoms. The number of nitrogens with zero attached hydrogens (tertiary/aromatic N) is 5. The molecule has 0 aliphatic carbocycles. The van der Waals surface area contributed by atoms with Crippen molar-refractivity contribution in [2.45, 2.75) is 13.1 Å². The van der Waals surface area contributed by atoms with Crippen LogP contribution in [0.3, 0.4) is 0 Å². The summed E-state index contributed by atoms with van der Waals surface area (Å²) in [5.41, 5.74) is -2.22. The van der Waals surface area contributed by atoms with Crippen molar-refractivity contribution >= 4 is 11.6 Å². The Kier molecular flexibility index (Phi) is 3.74. The van der Waals surface area contributed by atoms with Crippen LogP contribution in [-0.4, -0.2) is 23.9 Å². The molecule has 0 amide bonds. The third kappa shape index (κ3) is 3.40. The Balaban J connectivity index is 2.01. The van der Waals surface area contributed by atoms with Crippen LogP contribution >= 0.6 is 11.6 Å². The Bertz CT molecular complexity index is 1210. The molecule has 0 unspecified atom stereocenters. The minimum Gasteiger partial charge on any atom is -0.279 e. The van der Waals surface area contributed by atoms with E-state index in [0.717, 1.165) is 17.0 Å². The minimum atomic E-state index is -2.60. The van der Waals surface area contributed by atoms with Crippen molar-refractivity contribution in [3.63, 3.8) is 0 Å². The number of benzene rings is 1. The summed E-state index contributed by atoms with van der Waals surface area (Å²) >= 11 is 5.90. The van der Waals surface area contributed by atoms with Gasteiger partial charge in [0, 0.05) is 28.8 Å². The average molecular weight is 389 g/mol. The van der Waals surface area contributed by atoms with Crippen LogP contribution < -0.4 is 11.2 Å². The van der Waals surface area contributed by atoms with E-state index in [1.807, 2.05) is 0 Å². The van der Waals surface area contributed by atoms with Crippen molar-refractivity contribution < 1.29 is 17.3 Å². The lowest BCUT2D eigenvalue weighted by atomic mass is 10.2. The van der Waals surface area contributed by atoms with Gasteiger partial charge in [-0.25, -0.2) is 22.9 Å². The molecule has 0 aliphatic heterocycles. The third-order valence-corrected chi connectivity index (χ3v) is 3.80. The van der Waals surface area contributed by atoms with Crippen molar-refractivity contribution in [1.29, 1.82) is 0 Å². The Morgan fingerprint density at radius 1 is 1.08 bits per heavy atom. The molecular weight excluding hydrogens is 375 g/mol. The predicted molar refractivity (Wildman–Crippen MR) is 85.5 cm³/mol. The second-order valence-electron chi connectivity index (χ2n) is 5.22. The highest BCUT2D eigenvalue weighted by Crippen LogP contribution is 2.16. The van der Waals surface area contributed by atoms with Gasteiger partial charge in [0.15, 0.2) is 17.5 Å². The van der Waals surface area contributed by atoms with E-state index in [4.69, 9.17) is 15.7 Å². The number of aromatic nitrogens is 5. The number of aryl methyl sites for hydroxylation is 1. The van der Waals surface area contributed by atoms with E-state index in [-0.39, 0.29) is 16.5 Å². The van der Waals surface area contributed by atoms with Crippen molar-refractivity contribution in [1.82, 2.24) is 23.9 Å². The molecule has 0 atom stereocenters. The predicted octanol–water partition coefficient (Wildman–Crippen LogP) is 1.31. The summed E-state index contributed by atoms with van der Waals surface area (Å²) in [6, 6.07) is 1.76. The van der Waals surface area contributed by atoms with Gasteiger partial charge in [0.1, 0.15) is 17.3 Å². The SMILES string of the molecule is [2H]C([2H])([2H])n1cnc(Cn2c(=O)cc(Cl)n(Cc3cc(F)c(F)cc3F)c2=O)n1.